The molecular formula is C23H27ClF3N3O3S. The minimum atomic E-state index is -4.54. The van der Waals surface area contributed by atoms with E-state index >= 15 is 0 Å². The summed E-state index contributed by atoms with van der Waals surface area (Å²) < 4.78 is 53.5. The Balaban J connectivity index is 1.83. The number of nitrogens with zero attached hydrogens (tertiary/aromatic N) is 3. The van der Waals surface area contributed by atoms with Crippen LogP contribution in [0.5, 0.6) is 0 Å². The highest BCUT2D eigenvalue weighted by atomic mass is 35.5. The van der Waals surface area contributed by atoms with Crippen LogP contribution >= 0.6 is 11.6 Å². The van der Waals surface area contributed by atoms with Crippen molar-refractivity contribution in [1.29, 1.82) is 0 Å². The number of alkyl halides is 3. The lowest BCUT2D eigenvalue weighted by atomic mass is 10.1. The van der Waals surface area contributed by atoms with Gasteiger partial charge in [-0.25, -0.2) is 4.99 Å². The Hall–Kier alpha value is -2.01. The number of carboxylic acids is 1. The van der Waals surface area contributed by atoms with Crippen LogP contribution in [0.3, 0.4) is 0 Å². The van der Waals surface area contributed by atoms with Crippen molar-refractivity contribution in [3.63, 3.8) is 0 Å². The van der Waals surface area contributed by atoms with Crippen LogP contribution in [-0.2, 0) is 29.0 Å². The quantitative estimate of drug-likeness (QED) is 0.341. The molecule has 3 rings (SSSR count). The minimum absolute atomic E-state index is 0.0122. The van der Waals surface area contributed by atoms with E-state index in [0.29, 0.717) is 36.6 Å². The molecule has 0 saturated carbocycles. The van der Waals surface area contributed by atoms with Crippen LogP contribution in [0, 0.1) is 5.92 Å². The van der Waals surface area contributed by atoms with Gasteiger partial charge in [-0.15, -0.1) is 4.31 Å². The maximum absolute atomic E-state index is 13.7. The van der Waals surface area contributed by atoms with Crippen LogP contribution < -0.4 is 0 Å². The van der Waals surface area contributed by atoms with Gasteiger partial charge in [-0.1, -0.05) is 23.7 Å². The first-order valence-corrected chi connectivity index (χ1v) is 12.3. The average molecular weight is 518 g/mol. The lowest BCUT2D eigenvalue weighted by Crippen LogP contribution is -2.58. The van der Waals surface area contributed by atoms with Crippen molar-refractivity contribution in [2.24, 2.45) is 10.9 Å². The van der Waals surface area contributed by atoms with E-state index in [0.717, 1.165) is 11.1 Å². The summed E-state index contributed by atoms with van der Waals surface area (Å²) in [7, 11) is 0. The van der Waals surface area contributed by atoms with Crippen molar-refractivity contribution < 1.29 is 27.6 Å². The summed E-state index contributed by atoms with van der Waals surface area (Å²) in [4.78, 5) is 18.1. The number of rotatable bonds is 6. The molecule has 1 aromatic rings. The highest BCUT2D eigenvalue weighted by Gasteiger charge is 2.41. The van der Waals surface area contributed by atoms with Crippen LogP contribution in [0.15, 0.2) is 51.1 Å². The second-order valence-electron chi connectivity index (χ2n) is 8.51. The second kappa shape index (κ2) is 10.7. The number of carboxylic acid groups (broad SMARTS) is 1. The normalized spacial score (nSPS) is 25.6. The molecule has 4 unspecified atom stereocenters. The van der Waals surface area contributed by atoms with Gasteiger partial charge in [0.05, 0.1) is 29.4 Å². The summed E-state index contributed by atoms with van der Waals surface area (Å²) in [5.74, 6) is -1.09. The first kappa shape index (κ1) is 26.6. The fraction of sp³-hybridized carbons (Fsp3) is 0.478. The SMILES string of the molecule is C\C=N/C(=C\C(Cl)=C\C(F)(F)F)N1CC(C)N([S+]([O-])c2cccc3c2CC(C(=O)O)C3)C(C)C1. The first-order valence-electron chi connectivity index (χ1n) is 10.9. The lowest BCUT2D eigenvalue weighted by molar-refractivity contribution is -0.141. The number of carbonyl (C=O) groups is 1. The number of halogens is 4. The number of aliphatic carboxylic acids is 1. The van der Waals surface area contributed by atoms with E-state index in [1.54, 1.807) is 19.1 Å². The molecule has 0 spiro atoms. The van der Waals surface area contributed by atoms with Gasteiger partial charge in [-0.3, -0.25) is 4.79 Å². The number of piperazine rings is 1. The highest BCUT2D eigenvalue weighted by molar-refractivity contribution is 7.89. The smallest absolute Gasteiger partial charge is 0.411 e. The zero-order chi connectivity index (χ0) is 25.2. The molecule has 0 radical (unpaired) electrons. The Labute approximate surface area is 205 Å². The third kappa shape index (κ3) is 6.16. The molecule has 1 saturated heterocycles. The lowest BCUT2D eigenvalue weighted by Gasteiger charge is -2.43. The van der Waals surface area contributed by atoms with E-state index in [9.17, 15) is 27.6 Å². The number of allylic oxidation sites excluding steroid dienone is 3. The molecular weight excluding hydrogens is 491 g/mol. The predicted molar refractivity (Wildman–Crippen MR) is 126 cm³/mol. The van der Waals surface area contributed by atoms with Crippen LogP contribution in [0.1, 0.15) is 31.9 Å². The molecule has 2 aliphatic rings. The molecule has 0 bridgehead atoms. The van der Waals surface area contributed by atoms with Gasteiger partial charge in [0.2, 0.25) is 0 Å². The van der Waals surface area contributed by atoms with E-state index in [1.165, 1.54) is 12.3 Å². The summed E-state index contributed by atoms with van der Waals surface area (Å²) in [6, 6.07) is 5.00. The maximum Gasteiger partial charge on any atom is 0.411 e. The summed E-state index contributed by atoms with van der Waals surface area (Å²) in [5, 5.41) is 8.93. The van der Waals surface area contributed by atoms with Crippen molar-refractivity contribution >= 4 is 35.1 Å². The van der Waals surface area contributed by atoms with Gasteiger partial charge in [0.25, 0.3) is 0 Å². The Bertz CT molecular complexity index is 1000. The van der Waals surface area contributed by atoms with Gasteiger partial charge in [0.1, 0.15) is 5.82 Å². The van der Waals surface area contributed by atoms with Gasteiger partial charge < -0.3 is 14.6 Å². The van der Waals surface area contributed by atoms with E-state index in [-0.39, 0.29) is 18.2 Å². The minimum Gasteiger partial charge on any atom is -0.593 e. The van der Waals surface area contributed by atoms with Crippen LogP contribution in [-0.4, -0.2) is 62.4 Å². The maximum atomic E-state index is 13.7. The molecule has 1 aromatic carbocycles. The van der Waals surface area contributed by atoms with Crippen LogP contribution in [0.25, 0.3) is 0 Å². The standard InChI is InChI=1S/C23H27ClF3N3O3S/c1-4-28-21(10-18(24)11-23(25,26)27)29-12-14(2)30(15(3)13-29)34(33)20-7-5-6-16-8-17(22(31)32)9-19(16)20/h4-7,10-11,14-15,17H,8-9,12-13H2,1-3H3,(H,31,32)/b18-11-,21-10+,28-4-. The Kier molecular flexibility index (Phi) is 8.38. The van der Waals surface area contributed by atoms with Crippen molar-refractivity contribution in [1.82, 2.24) is 9.21 Å². The molecule has 1 aliphatic carbocycles. The van der Waals surface area contributed by atoms with Gasteiger partial charge >= 0.3 is 12.1 Å². The van der Waals surface area contributed by atoms with E-state index in [4.69, 9.17) is 11.6 Å². The van der Waals surface area contributed by atoms with E-state index < -0.39 is 34.5 Å². The number of fused-ring (bicyclic) bond motifs is 1. The van der Waals surface area contributed by atoms with Crippen molar-refractivity contribution in [3.05, 3.63) is 52.3 Å². The second-order valence-corrected chi connectivity index (χ2v) is 10.3. The molecule has 0 amide bonds. The number of benzene rings is 1. The topological polar surface area (TPSA) is 79.2 Å². The largest absolute Gasteiger partial charge is 0.593 e. The average Bonchev–Trinajstić information content (AvgIpc) is 3.16. The summed E-state index contributed by atoms with van der Waals surface area (Å²) in [6.45, 7) is 6.20. The summed E-state index contributed by atoms with van der Waals surface area (Å²) in [6.07, 6.45) is -1.10. The van der Waals surface area contributed by atoms with Crippen molar-refractivity contribution in [2.75, 3.05) is 13.1 Å². The van der Waals surface area contributed by atoms with Crippen LogP contribution in [0.4, 0.5) is 13.2 Å². The van der Waals surface area contributed by atoms with E-state index in [1.807, 2.05) is 29.1 Å². The third-order valence-electron chi connectivity index (χ3n) is 5.87. The molecule has 34 heavy (non-hydrogen) atoms. The summed E-state index contributed by atoms with van der Waals surface area (Å²) >= 11 is 4.27. The Morgan fingerprint density at radius 3 is 2.47 bits per heavy atom. The first-order chi connectivity index (χ1) is 15.9. The molecule has 186 valence electrons. The Morgan fingerprint density at radius 2 is 1.91 bits per heavy atom. The highest BCUT2D eigenvalue weighted by Crippen LogP contribution is 2.36. The third-order valence-corrected chi connectivity index (χ3v) is 7.95. The molecule has 1 fully saturated rings. The van der Waals surface area contributed by atoms with Gasteiger partial charge in [0, 0.05) is 36.0 Å². The number of aliphatic imine (C=N–C) groups is 1. The number of hydrogen-bond acceptors (Lipinski definition) is 5. The molecule has 6 nitrogen and oxygen atoms in total. The van der Waals surface area contributed by atoms with E-state index in [2.05, 4.69) is 4.99 Å². The predicted octanol–water partition coefficient (Wildman–Crippen LogP) is 4.52. The Morgan fingerprint density at radius 1 is 1.26 bits per heavy atom. The van der Waals surface area contributed by atoms with Crippen molar-refractivity contribution in [2.45, 2.75) is 56.8 Å². The van der Waals surface area contributed by atoms with Crippen LogP contribution in [0.2, 0.25) is 0 Å². The van der Waals surface area contributed by atoms with Gasteiger partial charge in [0.15, 0.2) is 4.90 Å². The molecule has 4 atom stereocenters. The molecule has 1 aliphatic heterocycles. The fourth-order valence-corrected chi connectivity index (χ4v) is 6.41. The molecule has 11 heteroatoms. The zero-order valence-corrected chi connectivity index (χ0v) is 20.6. The molecule has 1 heterocycles. The zero-order valence-electron chi connectivity index (χ0n) is 19.1. The van der Waals surface area contributed by atoms with Gasteiger partial charge in [-0.2, -0.15) is 13.2 Å². The summed E-state index contributed by atoms with van der Waals surface area (Å²) in [5.41, 5.74) is 1.74. The molecule has 1 N–H and O–H groups in total. The fourth-order valence-electron chi connectivity index (χ4n) is 4.56. The van der Waals surface area contributed by atoms with Crippen molar-refractivity contribution in [3.8, 4) is 0 Å². The van der Waals surface area contributed by atoms with Gasteiger partial charge in [-0.05, 0) is 51.3 Å². The monoisotopic (exact) mass is 517 g/mol. The molecule has 0 aromatic heterocycles. The number of hydrogen-bond donors (Lipinski definition) is 1.